The Morgan fingerprint density at radius 1 is 1.06 bits per heavy atom. The van der Waals surface area contributed by atoms with Crippen molar-refractivity contribution < 1.29 is 14.2 Å². The summed E-state index contributed by atoms with van der Waals surface area (Å²) >= 11 is 0. The summed E-state index contributed by atoms with van der Waals surface area (Å²) < 4.78 is 15.6. The van der Waals surface area contributed by atoms with Gasteiger partial charge in [-0.05, 0) is 31.0 Å². The molecule has 1 atom stereocenters. The molecule has 0 aliphatic heterocycles. The van der Waals surface area contributed by atoms with Crippen molar-refractivity contribution in [1.82, 2.24) is 0 Å². The SMILES string of the molecule is COCCOC(C)Cc1ccc(OC)cc1. The zero-order chi connectivity index (χ0) is 11.8. The molecule has 90 valence electrons. The van der Waals surface area contributed by atoms with E-state index in [1.807, 2.05) is 12.1 Å². The predicted molar refractivity (Wildman–Crippen MR) is 64.0 cm³/mol. The minimum atomic E-state index is 0.212. The maximum Gasteiger partial charge on any atom is 0.118 e. The van der Waals surface area contributed by atoms with E-state index in [1.54, 1.807) is 14.2 Å². The summed E-state index contributed by atoms with van der Waals surface area (Å²) in [5, 5.41) is 0. The lowest BCUT2D eigenvalue weighted by molar-refractivity contribution is 0.0267. The van der Waals surface area contributed by atoms with Crippen molar-refractivity contribution in [1.29, 1.82) is 0 Å². The highest BCUT2D eigenvalue weighted by Gasteiger charge is 2.03. The average Bonchev–Trinajstić information content (AvgIpc) is 2.30. The van der Waals surface area contributed by atoms with Crippen LogP contribution >= 0.6 is 0 Å². The van der Waals surface area contributed by atoms with E-state index in [0.717, 1.165) is 12.2 Å². The summed E-state index contributed by atoms with van der Waals surface area (Å²) in [6.45, 7) is 3.36. The van der Waals surface area contributed by atoms with E-state index in [4.69, 9.17) is 14.2 Å². The number of ether oxygens (including phenoxy) is 3. The molecular weight excluding hydrogens is 204 g/mol. The quantitative estimate of drug-likeness (QED) is 0.665. The van der Waals surface area contributed by atoms with Crippen molar-refractivity contribution in [2.24, 2.45) is 0 Å². The van der Waals surface area contributed by atoms with Crippen molar-refractivity contribution in [2.75, 3.05) is 27.4 Å². The molecule has 0 heterocycles. The van der Waals surface area contributed by atoms with E-state index in [0.29, 0.717) is 13.2 Å². The predicted octanol–water partition coefficient (Wildman–Crippen LogP) is 2.29. The minimum Gasteiger partial charge on any atom is -0.497 e. The molecule has 3 nitrogen and oxygen atoms in total. The van der Waals surface area contributed by atoms with E-state index in [-0.39, 0.29) is 6.10 Å². The van der Waals surface area contributed by atoms with Gasteiger partial charge in [-0.15, -0.1) is 0 Å². The van der Waals surface area contributed by atoms with Gasteiger partial charge in [-0.2, -0.15) is 0 Å². The molecule has 0 fully saturated rings. The molecule has 0 saturated heterocycles. The summed E-state index contributed by atoms with van der Waals surface area (Å²) in [5.41, 5.74) is 1.26. The van der Waals surface area contributed by atoms with E-state index in [1.165, 1.54) is 5.56 Å². The number of hydrogen-bond acceptors (Lipinski definition) is 3. The van der Waals surface area contributed by atoms with Crippen LogP contribution in [0, 0.1) is 0 Å². The van der Waals surface area contributed by atoms with Crippen LogP contribution in [0.5, 0.6) is 5.75 Å². The minimum absolute atomic E-state index is 0.212. The highest BCUT2D eigenvalue weighted by Crippen LogP contribution is 2.13. The van der Waals surface area contributed by atoms with Crippen LogP contribution < -0.4 is 4.74 Å². The van der Waals surface area contributed by atoms with Gasteiger partial charge in [0, 0.05) is 7.11 Å². The maximum absolute atomic E-state index is 5.59. The van der Waals surface area contributed by atoms with Gasteiger partial charge < -0.3 is 14.2 Å². The number of benzene rings is 1. The lowest BCUT2D eigenvalue weighted by Crippen LogP contribution is -2.14. The van der Waals surface area contributed by atoms with Crippen LogP contribution in [-0.4, -0.2) is 33.5 Å². The van der Waals surface area contributed by atoms with Crippen LogP contribution in [0.1, 0.15) is 12.5 Å². The molecule has 1 aromatic rings. The van der Waals surface area contributed by atoms with Crippen molar-refractivity contribution in [2.45, 2.75) is 19.4 Å². The molecule has 0 spiro atoms. The van der Waals surface area contributed by atoms with E-state index < -0.39 is 0 Å². The molecule has 16 heavy (non-hydrogen) atoms. The topological polar surface area (TPSA) is 27.7 Å². The smallest absolute Gasteiger partial charge is 0.118 e. The van der Waals surface area contributed by atoms with Gasteiger partial charge in [0.05, 0.1) is 26.4 Å². The Morgan fingerprint density at radius 3 is 2.31 bits per heavy atom. The van der Waals surface area contributed by atoms with Crippen molar-refractivity contribution in [3.63, 3.8) is 0 Å². The molecule has 1 aromatic carbocycles. The molecule has 0 aromatic heterocycles. The van der Waals surface area contributed by atoms with Gasteiger partial charge >= 0.3 is 0 Å². The maximum atomic E-state index is 5.59. The third-order valence-electron chi connectivity index (χ3n) is 2.37. The lowest BCUT2D eigenvalue weighted by Gasteiger charge is -2.13. The molecule has 0 aliphatic rings. The van der Waals surface area contributed by atoms with Crippen LogP contribution in [0.2, 0.25) is 0 Å². The average molecular weight is 224 g/mol. The first-order chi connectivity index (χ1) is 7.76. The van der Waals surface area contributed by atoms with E-state index >= 15 is 0 Å². The Hall–Kier alpha value is -1.06. The van der Waals surface area contributed by atoms with Crippen LogP contribution in [-0.2, 0) is 15.9 Å². The van der Waals surface area contributed by atoms with Gasteiger partial charge in [-0.1, -0.05) is 12.1 Å². The second kappa shape index (κ2) is 7.25. The fraction of sp³-hybridized carbons (Fsp3) is 0.538. The Labute approximate surface area is 97.3 Å². The summed E-state index contributed by atoms with van der Waals surface area (Å²) in [7, 11) is 3.35. The van der Waals surface area contributed by atoms with Gasteiger partial charge in [0.15, 0.2) is 0 Å². The van der Waals surface area contributed by atoms with Gasteiger partial charge in [0.1, 0.15) is 5.75 Å². The Balaban J connectivity index is 2.34. The summed E-state index contributed by atoms with van der Waals surface area (Å²) in [5.74, 6) is 0.886. The molecule has 0 amide bonds. The molecule has 0 bridgehead atoms. The Morgan fingerprint density at radius 2 is 1.75 bits per heavy atom. The first-order valence-electron chi connectivity index (χ1n) is 5.49. The number of methoxy groups -OCH3 is 2. The van der Waals surface area contributed by atoms with Crippen LogP contribution in [0.15, 0.2) is 24.3 Å². The van der Waals surface area contributed by atoms with Crippen LogP contribution in [0.4, 0.5) is 0 Å². The standard InChI is InChI=1S/C13H20O3/c1-11(16-9-8-14-2)10-12-4-6-13(15-3)7-5-12/h4-7,11H,8-10H2,1-3H3. The van der Waals surface area contributed by atoms with Gasteiger partial charge in [0.25, 0.3) is 0 Å². The molecule has 0 saturated carbocycles. The number of rotatable bonds is 7. The zero-order valence-electron chi connectivity index (χ0n) is 10.2. The van der Waals surface area contributed by atoms with Gasteiger partial charge in [-0.3, -0.25) is 0 Å². The van der Waals surface area contributed by atoms with Gasteiger partial charge in [-0.25, -0.2) is 0 Å². The molecular formula is C13H20O3. The lowest BCUT2D eigenvalue weighted by atomic mass is 10.1. The highest BCUT2D eigenvalue weighted by molar-refractivity contribution is 5.27. The molecule has 0 N–H and O–H groups in total. The molecule has 1 rings (SSSR count). The fourth-order valence-corrected chi connectivity index (χ4v) is 1.49. The summed E-state index contributed by atoms with van der Waals surface area (Å²) in [6.07, 6.45) is 1.12. The van der Waals surface area contributed by atoms with Crippen molar-refractivity contribution >= 4 is 0 Å². The highest BCUT2D eigenvalue weighted by atomic mass is 16.5. The molecule has 3 heteroatoms. The first-order valence-corrected chi connectivity index (χ1v) is 5.49. The normalized spacial score (nSPS) is 12.4. The van der Waals surface area contributed by atoms with Gasteiger partial charge in [0.2, 0.25) is 0 Å². The van der Waals surface area contributed by atoms with Crippen molar-refractivity contribution in [3.8, 4) is 5.75 Å². The van der Waals surface area contributed by atoms with E-state index in [9.17, 15) is 0 Å². The molecule has 0 aliphatic carbocycles. The first kappa shape index (κ1) is 13.0. The summed E-state index contributed by atoms with van der Waals surface area (Å²) in [6, 6.07) is 8.07. The number of hydrogen-bond donors (Lipinski definition) is 0. The monoisotopic (exact) mass is 224 g/mol. The largest absolute Gasteiger partial charge is 0.497 e. The second-order valence-electron chi connectivity index (χ2n) is 3.73. The fourth-order valence-electron chi connectivity index (χ4n) is 1.49. The molecule has 0 radical (unpaired) electrons. The van der Waals surface area contributed by atoms with Crippen LogP contribution in [0.25, 0.3) is 0 Å². The molecule has 1 unspecified atom stereocenters. The Bertz CT molecular complexity index is 282. The summed E-state index contributed by atoms with van der Waals surface area (Å²) in [4.78, 5) is 0. The Kier molecular flexibility index (Phi) is 5.90. The second-order valence-corrected chi connectivity index (χ2v) is 3.73. The van der Waals surface area contributed by atoms with Crippen molar-refractivity contribution in [3.05, 3.63) is 29.8 Å². The third kappa shape index (κ3) is 4.64. The van der Waals surface area contributed by atoms with Crippen LogP contribution in [0.3, 0.4) is 0 Å². The third-order valence-corrected chi connectivity index (χ3v) is 2.37. The van der Waals surface area contributed by atoms with E-state index in [2.05, 4.69) is 19.1 Å². The zero-order valence-corrected chi connectivity index (χ0v) is 10.2.